The van der Waals surface area contributed by atoms with Gasteiger partial charge in [0.1, 0.15) is 6.23 Å². The van der Waals surface area contributed by atoms with E-state index in [4.69, 9.17) is 0 Å². The van der Waals surface area contributed by atoms with E-state index < -0.39 is 0 Å². The molecule has 1 aromatic rings. The third-order valence-electron chi connectivity index (χ3n) is 2.04. The van der Waals surface area contributed by atoms with Crippen molar-refractivity contribution >= 4 is 0 Å². The molecule has 0 aromatic carbocycles. The Labute approximate surface area is 73.8 Å². The molecule has 0 fully saturated rings. The molecule has 1 atom stereocenters. The Bertz CT molecular complexity index is 194. The van der Waals surface area contributed by atoms with Gasteiger partial charge in [-0.2, -0.15) is 0 Å². The minimum absolute atomic E-state index is 0.327. The van der Waals surface area contributed by atoms with Crippen LogP contribution in [0.3, 0.4) is 0 Å². The van der Waals surface area contributed by atoms with Gasteiger partial charge in [-0.15, -0.1) is 0 Å². The van der Waals surface area contributed by atoms with Crippen LogP contribution >= 0.6 is 0 Å². The maximum atomic E-state index is 9.60. The zero-order valence-corrected chi connectivity index (χ0v) is 7.61. The molecule has 0 amide bonds. The van der Waals surface area contributed by atoms with Gasteiger partial charge in [-0.25, -0.2) is 0 Å². The Balaban J connectivity index is 2.25. The fourth-order valence-electron chi connectivity index (χ4n) is 1.27. The van der Waals surface area contributed by atoms with Gasteiger partial charge in [-0.1, -0.05) is 19.8 Å². The Morgan fingerprint density at radius 2 is 1.92 bits per heavy atom. The first-order valence-corrected chi connectivity index (χ1v) is 4.65. The van der Waals surface area contributed by atoms with Crippen molar-refractivity contribution < 1.29 is 5.11 Å². The van der Waals surface area contributed by atoms with Crippen LogP contribution in [0.15, 0.2) is 24.5 Å². The molecule has 68 valence electrons. The van der Waals surface area contributed by atoms with E-state index in [1.54, 1.807) is 0 Å². The Kier molecular flexibility index (Phi) is 3.88. The van der Waals surface area contributed by atoms with Crippen LogP contribution in [0.25, 0.3) is 0 Å². The lowest BCUT2D eigenvalue weighted by atomic mass is 10.2. The van der Waals surface area contributed by atoms with Gasteiger partial charge in [0.05, 0.1) is 0 Å². The van der Waals surface area contributed by atoms with Crippen molar-refractivity contribution in [3.63, 3.8) is 0 Å². The largest absolute Gasteiger partial charge is 0.373 e. The number of nitrogens with zero attached hydrogens (tertiary/aromatic N) is 1. The summed E-state index contributed by atoms with van der Waals surface area (Å²) in [5.74, 6) is 0. The third kappa shape index (κ3) is 2.70. The second-order valence-corrected chi connectivity index (χ2v) is 3.11. The molecule has 0 saturated carbocycles. The molecule has 0 aliphatic rings. The minimum atomic E-state index is -0.327. The molecule has 2 heteroatoms. The van der Waals surface area contributed by atoms with Crippen LogP contribution in [0.5, 0.6) is 0 Å². The van der Waals surface area contributed by atoms with Gasteiger partial charge in [-0.05, 0) is 25.0 Å². The van der Waals surface area contributed by atoms with Crippen molar-refractivity contribution in [3.05, 3.63) is 24.5 Å². The van der Waals surface area contributed by atoms with Gasteiger partial charge in [0, 0.05) is 12.4 Å². The molecule has 1 heterocycles. The zero-order valence-electron chi connectivity index (χ0n) is 7.61. The third-order valence-corrected chi connectivity index (χ3v) is 2.04. The Morgan fingerprint density at radius 3 is 2.50 bits per heavy atom. The monoisotopic (exact) mass is 167 g/mol. The van der Waals surface area contributed by atoms with Crippen molar-refractivity contribution in [1.29, 1.82) is 0 Å². The number of aliphatic hydroxyl groups is 1. The van der Waals surface area contributed by atoms with Gasteiger partial charge in [0.2, 0.25) is 0 Å². The number of unbranched alkanes of at least 4 members (excludes halogenated alkanes) is 2. The first-order valence-electron chi connectivity index (χ1n) is 4.65. The molecule has 1 unspecified atom stereocenters. The summed E-state index contributed by atoms with van der Waals surface area (Å²) < 4.78 is 1.84. The van der Waals surface area contributed by atoms with Crippen LogP contribution in [0.4, 0.5) is 0 Å². The highest BCUT2D eigenvalue weighted by Gasteiger charge is 2.02. The second kappa shape index (κ2) is 4.99. The lowest BCUT2D eigenvalue weighted by molar-refractivity contribution is 0.0919. The summed E-state index contributed by atoms with van der Waals surface area (Å²) in [6.07, 6.45) is 7.86. The van der Waals surface area contributed by atoms with Crippen LogP contribution in [0, 0.1) is 0 Å². The van der Waals surface area contributed by atoms with E-state index in [1.807, 2.05) is 29.1 Å². The van der Waals surface area contributed by atoms with E-state index >= 15 is 0 Å². The summed E-state index contributed by atoms with van der Waals surface area (Å²) >= 11 is 0. The summed E-state index contributed by atoms with van der Waals surface area (Å²) in [6, 6.07) is 3.87. The summed E-state index contributed by atoms with van der Waals surface area (Å²) in [6.45, 7) is 2.17. The first kappa shape index (κ1) is 9.33. The van der Waals surface area contributed by atoms with Crippen molar-refractivity contribution in [2.45, 2.75) is 38.8 Å². The van der Waals surface area contributed by atoms with E-state index in [-0.39, 0.29) is 6.23 Å². The molecule has 0 radical (unpaired) electrons. The van der Waals surface area contributed by atoms with Gasteiger partial charge in [0.25, 0.3) is 0 Å². The normalized spacial score (nSPS) is 13.2. The first-order chi connectivity index (χ1) is 5.84. The molecule has 0 spiro atoms. The fraction of sp³-hybridized carbons (Fsp3) is 0.600. The molecule has 1 rings (SSSR count). The van der Waals surface area contributed by atoms with Crippen LogP contribution in [-0.2, 0) is 0 Å². The highest BCUT2D eigenvalue weighted by Crippen LogP contribution is 2.12. The molecule has 1 aromatic heterocycles. The van der Waals surface area contributed by atoms with Crippen LogP contribution in [0.1, 0.15) is 38.8 Å². The van der Waals surface area contributed by atoms with E-state index in [2.05, 4.69) is 6.92 Å². The van der Waals surface area contributed by atoms with Crippen LogP contribution in [0.2, 0.25) is 0 Å². The number of aliphatic hydroxyl groups excluding tert-OH is 1. The van der Waals surface area contributed by atoms with E-state index in [0.29, 0.717) is 0 Å². The maximum absolute atomic E-state index is 9.60. The second-order valence-electron chi connectivity index (χ2n) is 3.11. The van der Waals surface area contributed by atoms with Gasteiger partial charge >= 0.3 is 0 Å². The van der Waals surface area contributed by atoms with Crippen molar-refractivity contribution in [2.24, 2.45) is 0 Å². The summed E-state index contributed by atoms with van der Waals surface area (Å²) in [5, 5.41) is 9.60. The minimum Gasteiger partial charge on any atom is -0.373 e. The summed E-state index contributed by atoms with van der Waals surface area (Å²) in [5.41, 5.74) is 0. The topological polar surface area (TPSA) is 25.2 Å². The molecule has 0 aliphatic carbocycles. The summed E-state index contributed by atoms with van der Waals surface area (Å²) in [4.78, 5) is 0. The smallest absolute Gasteiger partial charge is 0.130 e. The Morgan fingerprint density at radius 1 is 1.25 bits per heavy atom. The number of hydrogen-bond donors (Lipinski definition) is 1. The lowest BCUT2D eigenvalue weighted by Crippen LogP contribution is -2.04. The van der Waals surface area contributed by atoms with Crippen molar-refractivity contribution in [1.82, 2.24) is 4.57 Å². The van der Waals surface area contributed by atoms with E-state index in [9.17, 15) is 5.11 Å². The average molecular weight is 167 g/mol. The van der Waals surface area contributed by atoms with Gasteiger partial charge in [0.15, 0.2) is 0 Å². The van der Waals surface area contributed by atoms with Crippen molar-refractivity contribution in [3.8, 4) is 0 Å². The van der Waals surface area contributed by atoms with E-state index in [1.165, 1.54) is 12.8 Å². The molecular formula is C10H17NO. The molecule has 2 nitrogen and oxygen atoms in total. The number of aromatic nitrogens is 1. The molecular weight excluding hydrogens is 150 g/mol. The molecule has 12 heavy (non-hydrogen) atoms. The van der Waals surface area contributed by atoms with Crippen LogP contribution in [-0.4, -0.2) is 9.67 Å². The standard InChI is InChI=1S/C10H17NO/c1-2-3-4-7-10(12)11-8-5-6-9-11/h5-6,8-10,12H,2-4,7H2,1H3. The van der Waals surface area contributed by atoms with Gasteiger partial charge in [-0.3, -0.25) is 0 Å². The highest BCUT2D eigenvalue weighted by molar-refractivity contribution is 4.91. The molecule has 0 aliphatic heterocycles. The SMILES string of the molecule is CCCCCC(O)n1cccc1. The maximum Gasteiger partial charge on any atom is 0.130 e. The molecule has 0 bridgehead atoms. The van der Waals surface area contributed by atoms with Gasteiger partial charge < -0.3 is 9.67 Å². The van der Waals surface area contributed by atoms with E-state index in [0.717, 1.165) is 12.8 Å². The molecule has 0 saturated heterocycles. The average Bonchev–Trinajstić information content (AvgIpc) is 2.56. The quantitative estimate of drug-likeness (QED) is 0.670. The number of hydrogen-bond acceptors (Lipinski definition) is 1. The van der Waals surface area contributed by atoms with Crippen LogP contribution < -0.4 is 0 Å². The Hall–Kier alpha value is -0.760. The summed E-state index contributed by atoms with van der Waals surface area (Å²) in [7, 11) is 0. The lowest BCUT2D eigenvalue weighted by Gasteiger charge is -2.11. The predicted octanol–water partition coefficient (Wildman–Crippen LogP) is 2.56. The number of rotatable bonds is 5. The van der Waals surface area contributed by atoms with Crippen molar-refractivity contribution in [2.75, 3.05) is 0 Å². The highest BCUT2D eigenvalue weighted by atomic mass is 16.3. The predicted molar refractivity (Wildman–Crippen MR) is 49.8 cm³/mol. The molecule has 1 N–H and O–H groups in total. The fourth-order valence-corrected chi connectivity index (χ4v) is 1.27. The zero-order chi connectivity index (χ0) is 8.81.